The number of hydrogen-bond acceptors (Lipinski definition) is 9. The zero-order valence-electron chi connectivity index (χ0n) is 80.7. The van der Waals surface area contributed by atoms with Gasteiger partial charge in [0, 0.05) is 22.6 Å². The summed E-state index contributed by atoms with van der Waals surface area (Å²) >= 11 is 0. The molecule has 6 aromatic carbocycles. The molecule has 3 atom stereocenters. The number of rotatable bonds is 68. The van der Waals surface area contributed by atoms with Crippen molar-refractivity contribution >= 4 is 25.8 Å². The van der Waals surface area contributed by atoms with Crippen LogP contribution in [0.4, 0.5) is 0 Å². The lowest BCUT2D eigenvalue weighted by atomic mass is 9.74. The first-order chi connectivity index (χ1) is 58.4. The molecule has 0 bridgehead atoms. The second-order valence-electron chi connectivity index (χ2n) is 38.7. The molecule has 680 valence electrons. The second-order valence-corrected chi connectivity index (χ2v) is 41.9. The first-order valence-corrected chi connectivity index (χ1v) is 52.8. The molecule has 0 saturated heterocycles. The molecule has 3 unspecified atom stereocenters. The summed E-state index contributed by atoms with van der Waals surface area (Å²) in [5.74, 6) is 4.68. The molecule has 0 amide bonds. The topological polar surface area (TPSA) is 83.1 Å². The minimum absolute atomic E-state index is 0.0680. The summed E-state index contributed by atoms with van der Waals surface area (Å²) in [6.45, 7) is 45.7. The van der Waals surface area contributed by atoms with E-state index in [1.165, 1.54) is 270 Å². The maximum atomic E-state index is 7.31. The third kappa shape index (κ3) is 41.7. The van der Waals surface area contributed by atoms with Crippen molar-refractivity contribution in [2.45, 2.75) is 455 Å². The zero-order valence-corrected chi connectivity index (χ0v) is 83.4. The smallest absolute Gasteiger partial charge is 0.426 e. The molecule has 0 spiro atoms. The van der Waals surface area contributed by atoms with Crippen LogP contribution in [-0.4, -0.2) is 19.8 Å². The van der Waals surface area contributed by atoms with Gasteiger partial charge in [-0.2, -0.15) is 0 Å². The molecular weight excluding hydrogens is 1550 g/mol. The van der Waals surface area contributed by atoms with E-state index in [9.17, 15) is 0 Å². The van der Waals surface area contributed by atoms with Gasteiger partial charge in [-0.1, -0.05) is 397 Å². The first kappa shape index (κ1) is 105. The van der Waals surface area contributed by atoms with E-state index in [1.807, 2.05) is 0 Å². The SMILES string of the molecule is CCCCCCCCCCOP(OCCCCCCCCCC)Oc1cc(C)c(C(CC(C)c2cc(C(C)(C)C)c(OP(Oc3ccc(CCCCCCCC)cc3)Oc3ccc(CCCCCCCC)cc3)cc2C)c2cc(C(C)(C)C)c(OP(OCCCCCCCCCC)Oc3ccc(CCCCCCCC)cc3)cc2C)cc1C(C)(C)C. The largest absolute Gasteiger partial charge is 0.530 e. The number of unbranched alkanes of at least 4 members (excludes halogenated alkanes) is 36. The highest BCUT2D eigenvalue weighted by molar-refractivity contribution is 7.43. The maximum Gasteiger partial charge on any atom is 0.530 e. The molecule has 0 N–H and O–H groups in total. The summed E-state index contributed by atoms with van der Waals surface area (Å²) in [6.07, 6.45) is 56.6. The van der Waals surface area contributed by atoms with Crippen molar-refractivity contribution in [2.24, 2.45) is 0 Å². The van der Waals surface area contributed by atoms with Crippen molar-refractivity contribution in [3.8, 4) is 34.5 Å². The van der Waals surface area contributed by atoms with Gasteiger partial charge >= 0.3 is 25.8 Å². The van der Waals surface area contributed by atoms with Crippen LogP contribution in [0.1, 0.15) is 465 Å². The van der Waals surface area contributed by atoms with Crippen molar-refractivity contribution < 1.29 is 40.7 Å². The molecule has 6 rings (SSSR count). The van der Waals surface area contributed by atoms with Crippen LogP contribution in [0.15, 0.2) is 109 Å². The van der Waals surface area contributed by atoms with Crippen LogP contribution in [-0.2, 0) is 49.1 Å². The van der Waals surface area contributed by atoms with E-state index in [1.54, 1.807) is 0 Å². The number of hydrogen-bond donors (Lipinski definition) is 0. The third-order valence-electron chi connectivity index (χ3n) is 24.3. The van der Waals surface area contributed by atoms with Gasteiger partial charge in [0.25, 0.3) is 0 Å². The van der Waals surface area contributed by atoms with Crippen molar-refractivity contribution in [1.29, 1.82) is 0 Å². The quantitative estimate of drug-likeness (QED) is 0.0274. The lowest BCUT2D eigenvalue weighted by Crippen LogP contribution is -2.19. The summed E-state index contributed by atoms with van der Waals surface area (Å²) in [7, 11) is -5.48. The van der Waals surface area contributed by atoms with Crippen LogP contribution in [0.25, 0.3) is 0 Å². The second kappa shape index (κ2) is 60.1. The Balaban J connectivity index is 1.45. The van der Waals surface area contributed by atoms with Crippen LogP contribution in [0.3, 0.4) is 0 Å². The van der Waals surface area contributed by atoms with Crippen LogP contribution in [0, 0.1) is 20.8 Å². The van der Waals surface area contributed by atoms with Gasteiger partial charge < -0.3 is 36.2 Å². The standard InChI is InChI=1S/C109H175O9P3/c1-20-26-32-38-44-47-53-59-77-110-119(111-78-60-54-48-45-39-33-27-21-2)116-104-82-89(9)98(85-102(104)108(14,15)16)100(99-86-103(109(17,18)19)105(83-90(99)10)117-120(112-79-61-55-49-46-40-34-28-22-3)113-94-71-65-91(66-72-94)62-56-50-41-35-29-23-4)80-87(7)97-84-101(107(11,12)13)106(81-88(97)8)118-121(114-95-73-67-92(68-74-95)63-57-51-42-36-30-24-5)115-96-75-69-93(70-76-96)64-58-52-43-37-31-25-6/h65-76,81-87,100H,20-64,77-80H2,1-19H3. The Bertz CT molecular complexity index is 3580. The highest BCUT2D eigenvalue weighted by Crippen LogP contribution is 2.53. The molecule has 0 radical (unpaired) electrons. The Morgan fingerprint density at radius 3 is 0.777 bits per heavy atom. The van der Waals surface area contributed by atoms with Crippen molar-refractivity contribution in [3.63, 3.8) is 0 Å². The molecule has 0 fully saturated rings. The fraction of sp³-hybridized carbons (Fsp3) is 0.670. The van der Waals surface area contributed by atoms with E-state index in [-0.39, 0.29) is 28.1 Å². The van der Waals surface area contributed by atoms with Gasteiger partial charge in [-0.3, -0.25) is 4.52 Å². The summed E-state index contributed by atoms with van der Waals surface area (Å²) < 4.78 is 63.0. The fourth-order valence-electron chi connectivity index (χ4n) is 16.6. The monoisotopic (exact) mass is 1720 g/mol. The molecule has 12 heteroatoms. The zero-order chi connectivity index (χ0) is 87.5. The third-order valence-corrected chi connectivity index (χ3v) is 27.6. The first-order valence-electron chi connectivity index (χ1n) is 49.5. The molecular formula is C109H175O9P3. The van der Waals surface area contributed by atoms with Gasteiger partial charge in [0.15, 0.2) is 0 Å². The molecule has 9 nitrogen and oxygen atoms in total. The minimum Gasteiger partial charge on any atom is -0.426 e. The predicted octanol–water partition coefficient (Wildman–Crippen LogP) is 37.1. The van der Waals surface area contributed by atoms with Gasteiger partial charge in [-0.25, -0.2) is 0 Å². The molecule has 0 saturated carbocycles. The Hall–Kier alpha value is -4.71. The van der Waals surface area contributed by atoms with Crippen LogP contribution in [0.5, 0.6) is 34.5 Å². The van der Waals surface area contributed by atoms with Crippen molar-refractivity contribution in [3.05, 3.63) is 176 Å². The van der Waals surface area contributed by atoms with Gasteiger partial charge in [0.1, 0.15) is 34.5 Å². The Labute approximate surface area is 747 Å². The minimum atomic E-state index is -1.97. The summed E-state index contributed by atoms with van der Waals surface area (Å²) in [4.78, 5) is 0. The Morgan fingerprint density at radius 1 is 0.256 bits per heavy atom. The van der Waals surface area contributed by atoms with E-state index in [4.69, 9.17) is 40.7 Å². The van der Waals surface area contributed by atoms with E-state index in [0.717, 1.165) is 127 Å². The predicted molar refractivity (Wildman–Crippen MR) is 525 cm³/mol. The molecule has 121 heavy (non-hydrogen) atoms. The van der Waals surface area contributed by atoms with Gasteiger partial charge in [0.2, 0.25) is 0 Å². The normalized spacial score (nSPS) is 12.9. The molecule has 0 aliphatic carbocycles. The Morgan fingerprint density at radius 2 is 0.488 bits per heavy atom. The molecule has 0 aromatic heterocycles. The summed E-state index contributed by atoms with van der Waals surface area (Å²) in [6, 6.07) is 40.4. The van der Waals surface area contributed by atoms with Crippen LogP contribution < -0.4 is 27.1 Å². The maximum absolute atomic E-state index is 7.31. The highest BCUT2D eigenvalue weighted by atomic mass is 31.2. The molecule has 0 aliphatic rings. The summed E-state index contributed by atoms with van der Waals surface area (Å²) in [5, 5.41) is 0. The van der Waals surface area contributed by atoms with E-state index < -0.39 is 25.8 Å². The molecule has 6 aromatic rings. The number of benzene rings is 6. The van der Waals surface area contributed by atoms with E-state index in [0.29, 0.717) is 19.8 Å². The average molecular weight is 1720 g/mol. The lowest BCUT2D eigenvalue weighted by Gasteiger charge is -2.33. The average Bonchev–Trinajstić information content (AvgIpc) is 0.761. The van der Waals surface area contributed by atoms with E-state index >= 15 is 0 Å². The number of aryl methyl sites for hydroxylation is 6. The van der Waals surface area contributed by atoms with E-state index in [2.05, 4.69) is 241 Å². The van der Waals surface area contributed by atoms with Crippen molar-refractivity contribution in [2.75, 3.05) is 19.8 Å². The fourth-order valence-corrected chi connectivity index (χ4v) is 19.7. The molecule has 0 heterocycles. The van der Waals surface area contributed by atoms with Gasteiger partial charge in [0.05, 0.1) is 19.8 Å². The van der Waals surface area contributed by atoms with Gasteiger partial charge in [-0.15, -0.1) is 0 Å². The van der Waals surface area contributed by atoms with Crippen LogP contribution in [0.2, 0.25) is 0 Å². The molecule has 0 aliphatic heterocycles. The van der Waals surface area contributed by atoms with Gasteiger partial charge in [-0.05, 0) is 212 Å². The summed E-state index contributed by atoms with van der Waals surface area (Å²) in [5.41, 5.74) is 13.8. The van der Waals surface area contributed by atoms with Crippen molar-refractivity contribution in [1.82, 2.24) is 0 Å². The van der Waals surface area contributed by atoms with Crippen LogP contribution >= 0.6 is 25.8 Å². The highest BCUT2D eigenvalue weighted by Gasteiger charge is 2.34. The Kier molecular flexibility index (Phi) is 52.2. The lowest BCUT2D eigenvalue weighted by molar-refractivity contribution is 0.197.